The lowest BCUT2D eigenvalue weighted by atomic mass is 9.46. The van der Waals surface area contributed by atoms with Crippen molar-refractivity contribution in [2.45, 2.75) is 71.3 Å². The molecule has 202 valence electrons. The van der Waals surface area contributed by atoms with Crippen LogP contribution in [0.15, 0.2) is 21.9 Å². The molecule has 0 aromatic carbocycles. The molecule has 0 radical (unpaired) electrons. The van der Waals surface area contributed by atoms with Crippen molar-refractivity contribution in [2.24, 2.45) is 50.3 Å². The van der Waals surface area contributed by atoms with Crippen LogP contribution in [0.3, 0.4) is 0 Å². The minimum Gasteiger partial charge on any atom is -0.460 e. The van der Waals surface area contributed by atoms with Gasteiger partial charge in [0, 0.05) is 24.7 Å². The molecule has 0 bridgehead atoms. The first kappa shape index (κ1) is 26.8. The number of fused-ring (bicyclic) bond motifs is 5. The van der Waals surface area contributed by atoms with Crippen LogP contribution in [-0.4, -0.2) is 52.6 Å². The number of esters is 1. The molecule has 12 nitrogen and oxygen atoms in total. The van der Waals surface area contributed by atoms with Crippen LogP contribution in [0.2, 0.25) is 0 Å². The summed E-state index contributed by atoms with van der Waals surface area (Å²) in [5, 5.41) is 20.2. The van der Waals surface area contributed by atoms with Crippen LogP contribution < -0.4 is 22.3 Å². The minimum atomic E-state index is -1.56. The van der Waals surface area contributed by atoms with Gasteiger partial charge in [-0.2, -0.15) is 10.2 Å². The number of allylic oxidation sites excluding steroid dienone is 2. The molecule has 12 heteroatoms. The average Bonchev–Trinajstić information content (AvgIpc) is 3.07. The number of ether oxygens (including phenoxy) is 1. The fourth-order valence-corrected chi connectivity index (χ4v) is 7.63. The van der Waals surface area contributed by atoms with Gasteiger partial charge in [-0.1, -0.05) is 19.4 Å². The van der Waals surface area contributed by atoms with Crippen LogP contribution in [0.25, 0.3) is 0 Å². The van der Waals surface area contributed by atoms with E-state index in [1.54, 1.807) is 0 Å². The summed E-state index contributed by atoms with van der Waals surface area (Å²) in [5.41, 5.74) is 14.0. The van der Waals surface area contributed by atoms with E-state index in [4.69, 9.17) is 16.2 Å². The maximum Gasteiger partial charge on any atom is 0.332 e. The van der Waals surface area contributed by atoms with Gasteiger partial charge in [0.2, 0.25) is 0 Å². The molecule has 0 saturated heterocycles. The number of Topliss-reactive ketones (excluding diaryl/α,β-unsaturated/α-hetero) is 1. The third kappa shape index (κ3) is 4.51. The summed E-state index contributed by atoms with van der Waals surface area (Å²) in [7, 11) is 0. The van der Waals surface area contributed by atoms with Crippen molar-refractivity contribution < 1.29 is 29.0 Å². The number of primary amides is 2. The van der Waals surface area contributed by atoms with Gasteiger partial charge in [0.05, 0.1) is 5.71 Å². The topological polar surface area (TPSA) is 199 Å². The number of hydrogen-bond donors (Lipinski definition) is 5. The molecular formula is C25H36N6O6. The highest BCUT2D eigenvalue weighted by Crippen LogP contribution is 2.66. The van der Waals surface area contributed by atoms with Gasteiger partial charge < -0.3 is 21.3 Å². The normalized spacial score (nSPS) is 38.1. The number of ketones is 1. The summed E-state index contributed by atoms with van der Waals surface area (Å²) in [5.74, 6) is -0.579. The molecule has 4 rings (SSSR count). The Morgan fingerprint density at radius 2 is 1.84 bits per heavy atom. The molecule has 6 atom stereocenters. The fourth-order valence-electron chi connectivity index (χ4n) is 7.63. The quantitative estimate of drug-likeness (QED) is 0.208. The Labute approximate surface area is 215 Å². The molecule has 4 aliphatic rings. The Balaban J connectivity index is 1.66. The van der Waals surface area contributed by atoms with Gasteiger partial charge in [-0.05, 0) is 61.9 Å². The monoisotopic (exact) mass is 516 g/mol. The standard InChI is InChI=1S/C25H36N6O6/c1-13(32)37-12-19(29-31-22(27)35)25(36)9-7-17-16-5-4-14-10-15(28-30-21(26)34)6-8-23(14,2)20(16)18(33)11-24(17,25)3/h10,16-17,20,36H,4-9,11-12H2,1-3H3,(H3,26,30,34)(H3,27,31,35)/b28-15+,29-19-/t16-,17-,20+,23-,24-,25-/m0/s1. The van der Waals surface area contributed by atoms with Gasteiger partial charge >= 0.3 is 18.0 Å². The van der Waals surface area contributed by atoms with E-state index in [9.17, 15) is 24.3 Å². The summed E-state index contributed by atoms with van der Waals surface area (Å²) >= 11 is 0. The third-order valence-electron chi connectivity index (χ3n) is 9.32. The van der Waals surface area contributed by atoms with Crippen molar-refractivity contribution in [1.82, 2.24) is 10.9 Å². The highest BCUT2D eigenvalue weighted by molar-refractivity contribution is 5.99. The SMILES string of the molecule is CC(=O)OC/C(=N/NC(N)=O)[C@@]1(O)CC[C@H]2[C@@H]3CCC4=C/C(=N/NC(N)=O)CC[C@]4(C)[C@H]3C(=O)C[C@@]21C. The summed E-state index contributed by atoms with van der Waals surface area (Å²) in [6, 6.07) is -1.63. The van der Waals surface area contributed by atoms with Crippen LogP contribution in [0.4, 0.5) is 9.59 Å². The number of carbonyl (C=O) groups excluding carboxylic acids is 4. The first-order valence-corrected chi connectivity index (χ1v) is 12.7. The van der Waals surface area contributed by atoms with E-state index in [1.165, 1.54) is 6.92 Å². The Hall–Kier alpha value is -3.28. The molecule has 4 aliphatic carbocycles. The Morgan fingerprint density at radius 1 is 1.14 bits per heavy atom. The highest BCUT2D eigenvalue weighted by Gasteiger charge is 2.68. The minimum absolute atomic E-state index is 0.0290. The number of hydrazone groups is 2. The summed E-state index contributed by atoms with van der Waals surface area (Å²) in [6.45, 7) is 4.97. The maximum atomic E-state index is 13.9. The van der Waals surface area contributed by atoms with Crippen LogP contribution in [0.5, 0.6) is 0 Å². The van der Waals surface area contributed by atoms with Crippen LogP contribution in [0, 0.1) is 28.6 Å². The molecule has 3 fully saturated rings. The number of nitrogens with zero attached hydrogens (tertiary/aromatic N) is 2. The molecule has 0 heterocycles. The van der Waals surface area contributed by atoms with Gasteiger partial charge in [-0.25, -0.2) is 20.4 Å². The molecule has 0 unspecified atom stereocenters. The van der Waals surface area contributed by atoms with E-state index in [-0.39, 0.29) is 47.7 Å². The predicted molar refractivity (Wildman–Crippen MR) is 134 cm³/mol. The number of hydrogen-bond acceptors (Lipinski definition) is 8. The highest BCUT2D eigenvalue weighted by atomic mass is 16.5. The maximum absolute atomic E-state index is 13.9. The summed E-state index contributed by atoms with van der Waals surface area (Å²) < 4.78 is 5.14. The molecular weight excluding hydrogens is 480 g/mol. The second kappa shape index (κ2) is 9.55. The number of nitrogens with one attached hydrogen (secondary N) is 2. The van der Waals surface area contributed by atoms with E-state index in [0.29, 0.717) is 19.3 Å². The van der Waals surface area contributed by atoms with E-state index in [2.05, 4.69) is 28.0 Å². The average molecular weight is 517 g/mol. The molecule has 4 amide bonds. The molecule has 37 heavy (non-hydrogen) atoms. The molecule has 0 aromatic rings. The molecule has 7 N–H and O–H groups in total. The molecule has 0 spiro atoms. The van der Waals surface area contributed by atoms with E-state index < -0.39 is 29.0 Å². The van der Waals surface area contributed by atoms with Crippen molar-refractivity contribution in [2.75, 3.05) is 6.61 Å². The van der Waals surface area contributed by atoms with Crippen LogP contribution >= 0.6 is 0 Å². The van der Waals surface area contributed by atoms with E-state index >= 15 is 0 Å². The van der Waals surface area contributed by atoms with Crippen molar-refractivity contribution in [1.29, 1.82) is 0 Å². The van der Waals surface area contributed by atoms with Crippen LogP contribution in [0.1, 0.15) is 65.7 Å². The van der Waals surface area contributed by atoms with Crippen molar-refractivity contribution in [3.8, 4) is 0 Å². The Bertz CT molecular complexity index is 1120. The Morgan fingerprint density at radius 3 is 2.49 bits per heavy atom. The van der Waals surface area contributed by atoms with Crippen molar-refractivity contribution >= 4 is 35.2 Å². The number of rotatable bonds is 5. The first-order chi connectivity index (χ1) is 17.3. The van der Waals surface area contributed by atoms with E-state index in [0.717, 1.165) is 30.5 Å². The second-order valence-electron chi connectivity index (χ2n) is 11.2. The molecule has 3 saturated carbocycles. The summed E-state index contributed by atoms with van der Waals surface area (Å²) in [6.07, 6.45) is 6.01. The largest absolute Gasteiger partial charge is 0.460 e. The van der Waals surface area contributed by atoms with Gasteiger partial charge in [0.15, 0.2) is 0 Å². The molecule has 0 aliphatic heterocycles. The smallest absolute Gasteiger partial charge is 0.332 e. The third-order valence-corrected chi connectivity index (χ3v) is 9.32. The van der Waals surface area contributed by atoms with Gasteiger partial charge in [-0.3, -0.25) is 9.59 Å². The fraction of sp³-hybridized carbons (Fsp3) is 0.680. The van der Waals surface area contributed by atoms with E-state index in [1.807, 2.05) is 13.0 Å². The van der Waals surface area contributed by atoms with Crippen molar-refractivity contribution in [3.63, 3.8) is 0 Å². The number of aliphatic hydroxyl groups is 1. The predicted octanol–water partition coefficient (Wildman–Crippen LogP) is 1.47. The van der Waals surface area contributed by atoms with Crippen molar-refractivity contribution in [3.05, 3.63) is 11.6 Å². The van der Waals surface area contributed by atoms with Crippen LogP contribution in [-0.2, 0) is 14.3 Å². The lowest BCUT2D eigenvalue weighted by Gasteiger charge is -2.58. The zero-order valence-corrected chi connectivity index (χ0v) is 21.5. The Kier molecular flexibility index (Phi) is 6.91. The van der Waals surface area contributed by atoms with Gasteiger partial charge in [-0.15, -0.1) is 0 Å². The first-order valence-electron chi connectivity index (χ1n) is 12.7. The number of urea groups is 2. The van der Waals surface area contributed by atoms with Gasteiger partial charge in [0.1, 0.15) is 23.7 Å². The van der Waals surface area contributed by atoms with Gasteiger partial charge in [0.25, 0.3) is 0 Å². The lowest BCUT2D eigenvalue weighted by Crippen LogP contribution is -2.61. The number of nitrogens with two attached hydrogens (primary N) is 2. The lowest BCUT2D eigenvalue weighted by molar-refractivity contribution is -0.152. The second-order valence-corrected chi connectivity index (χ2v) is 11.2. The zero-order valence-electron chi connectivity index (χ0n) is 21.5. The molecule has 0 aromatic heterocycles. The summed E-state index contributed by atoms with van der Waals surface area (Å²) in [4.78, 5) is 47.8. The zero-order chi connectivity index (χ0) is 27.2. The number of amides is 4. The number of carbonyl (C=O) groups is 4.